The number of ether oxygens (including phenoxy) is 1. The summed E-state index contributed by atoms with van der Waals surface area (Å²) < 4.78 is 5.69. The molecular weight excluding hydrogens is 190 g/mol. The van der Waals surface area contributed by atoms with Crippen molar-refractivity contribution in [2.75, 3.05) is 7.05 Å². The van der Waals surface area contributed by atoms with Gasteiger partial charge in [-0.3, -0.25) is 4.79 Å². The number of benzene rings is 1. The first-order valence-corrected chi connectivity index (χ1v) is 5.20. The van der Waals surface area contributed by atoms with Crippen LogP contribution in [0, 0.1) is 6.92 Å². The molecule has 0 bridgehead atoms. The van der Waals surface area contributed by atoms with Crippen molar-refractivity contribution in [3.63, 3.8) is 0 Å². The number of hydrogen-bond acceptors (Lipinski definition) is 2. The number of rotatable bonds is 3. The maximum absolute atomic E-state index is 11.4. The summed E-state index contributed by atoms with van der Waals surface area (Å²) in [6.45, 7) is 1.96. The maximum Gasteiger partial charge on any atom is 0.251 e. The molecule has 0 saturated heterocycles. The van der Waals surface area contributed by atoms with Gasteiger partial charge in [-0.05, 0) is 43.5 Å². The average Bonchev–Trinajstić information content (AvgIpc) is 3.04. The second-order valence-corrected chi connectivity index (χ2v) is 3.88. The summed E-state index contributed by atoms with van der Waals surface area (Å²) in [5.74, 6) is 0.834. The number of nitrogens with one attached hydrogen (secondary N) is 1. The van der Waals surface area contributed by atoms with Crippen LogP contribution in [0.25, 0.3) is 0 Å². The van der Waals surface area contributed by atoms with Crippen molar-refractivity contribution in [1.29, 1.82) is 0 Å². The monoisotopic (exact) mass is 205 g/mol. The molecule has 0 heterocycles. The van der Waals surface area contributed by atoms with E-state index in [1.807, 2.05) is 19.1 Å². The highest BCUT2D eigenvalue weighted by molar-refractivity contribution is 5.94. The van der Waals surface area contributed by atoms with Gasteiger partial charge >= 0.3 is 0 Å². The first-order chi connectivity index (χ1) is 7.20. The van der Waals surface area contributed by atoms with Crippen LogP contribution in [0.5, 0.6) is 5.75 Å². The van der Waals surface area contributed by atoms with Crippen LogP contribution in [0.2, 0.25) is 0 Å². The third-order valence-electron chi connectivity index (χ3n) is 2.48. The fourth-order valence-corrected chi connectivity index (χ4v) is 1.43. The normalized spacial score (nSPS) is 14.8. The minimum absolute atomic E-state index is 0.0592. The van der Waals surface area contributed by atoms with Gasteiger partial charge in [-0.15, -0.1) is 0 Å². The average molecular weight is 205 g/mol. The third-order valence-corrected chi connectivity index (χ3v) is 2.48. The van der Waals surface area contributed by atoms with Crippen molar-refractivity contribution in [3.05, 3.63) is 29.3 Å². The number of amides is 1. The SMILES string of the molecule is CNC(=O)c1ccc(OC2CC2)c(C)c1. The number of aryl methyl sites for hydroxylation is 1. The molecule has 2 rings (SSSR count). The zero-order chi connectivity index (χ0) is 10.8. The lowest BCUT2D eigenvalue weighted by molar-refractivity contribution is 0.0963. The van der Waals surface area contributed by atoms with Crippen LogP contribution in [0.4, 0.5) is 0 Å². The van der Waals surface area contributed by atoms with Gasteiger partial charge < -0.3 is 10.1 Å². The Kier molecular flexibility index (Phi) is 2.62. The van der Waals surface area contributed by atoms with Gasteiger partial charge in [-0.1, -0.05) is 0 Å². The van der Waals surface area contributed by atoms with E-state index in [0.29, 0.717) is 11.7 Å². The van der Waals surface area contributed by atoms with Gasteiger partial charge in [0, 0.05) is 12.6 Å². The minimum atomic E-state index is -0.0592. The van der Waals surface area contributed by atoms with Crippen LogP contribution >= 0.6 is 0 Å². The summed E-state index contributed by atoms with van der Waals surface area (Å²) in [7, 11) is 1.63. The van der Waals surface area contributed by atoms with Crippen molar-refractivity contribution in [3.8, 4) is 5.75 Å². The zero-order valence-corrected chi connectivity index (χ0v) is 9.04. The molecule has 3 nitrogen and oxygen atoms in total. The highest BCUT2D eigenvalue weighted by Gasteiger charge is 2.24. The van der Waals surface area contributed by atoms with Crippen LogP contribution in [-0.2, 0) is 0 Å². The number of carbonyl (C=O) groups excluding carboxylic acids is 1. The predicted octanol–water partition coefficient (Wildman–Crippen LogP) is 1.90. The molecule has 1 aromatic carbocycles. The molecule has 1 fully saturated rings. The van der Waals surface area contributed by atoms with Gasteiger partial charge in [0.1, 0.15) is 5.75 Å². The molecule has 0 aromatic heterocycles. The summed E-state index contributed by atoms with van der Waals surface area (Å²) in [6, 6.07) is 5.53. The van der Waals surface area contributed by atoms with Crippen molar-refractivity contribution in [1.82, 2.24) is 5.32 Å². The smallest absolute Gasteiger partial charge is 0.251 e. The topological polar surface area (TPSA) is 38.3 Å². The van der Waals surface area contributed by atoms with Crippen LogP contribution in [0.3, 0.4) is 0 Å². The summed E-state index contributed by atoms with van der Waals surface area (Å²) in [5.41, 5.74) is 1.70. The molecule has 0 spiro atoms. The van der Waals surface area contributed by atoms with E-state index in [4.69, 9.17) is 4.74 Å². The molecular formula is C12H15NO2. The molecule has 0 aliphatic heterocycles. The van der Waals surface area contributed by atoms with Gasteiger partial charge in [-0.2, -0.15) is 0 Å². The predicted molar refractivity (Wildman–Crippen MR) is 58.2 cm³/mol. The molecule has 1 saturated carbocycles. The van der Waals surface area contributed by atoms with Crippen molar-refractivity contribution >= 4 is 5.91 Å². The van der Waals surface area contributed by atoms with Crippen molar-refractivity contribution in [2.24, 2.45) is 0 Å². The summed E-state index contributed by atoms with van der Waals surface area (Å²) in [4.78, 5) is 11.4. The fraction of sp³-hybridized carbons (Fsp3) is 0.417. The fourth-order valence-electron chi connectivity index (χ4n) is 1.43. The van der Waals surface area contributed by atoms with Crippen molar-refractivity contribution < 1.29 is 9.53 Å². The largest absolute Gasteiger partial charge is 0.490 e. The Hall–Kier alpha value is -1.51. The zero-order valence-electron chi connectivity index (χ0n) is 9.04. The lowest BCUT2D eigenvalue weighted by Gasteiger charge is -2.09. The second-order valence-electron chi connectivity index (χ2n) is 3.88. The molecule has 15 heavy (non-hydrogen) atoms. The van der Waals surface area contributed by atoms with Crippen LogP contribution in [0.15, 0.2) is 18.2 Å². The lowest BCUT2D eigenvalue weighted by Crippen LogP contribution is -2.17. The molecule has 1 aliphatic rings. The highest BCUT2D eigenvalue weighted by atomic mass is 16.5. The molecule has 0 unspecified atom stereocenters. The Morgan fingerprint density at radius 3 is 2.73 bits per heavy atom. The van der Waals surface area contributed by atoms with Crippen LogP contribution < -0.4 is 10.1 Å². The Morgan fingerprint density at radius 2 is 2.20 bits per heavy atom. The molecule has 1 amide bonds. The third kappa shape index (κ3) is 2.29. The Balaban J connectivity index is 2.17. The van der Waals surface area contributed by atoms with E-state index in [1.165, 1.54) is 0 Å². The Bertz CT molecular complexity index is 383. The minimum Gasteiger partial charge on any atom is -0.490 e. The van der Waals surface area contributed by atoms with Crippen LogP contribution in [0.1, 0.15) is 28.8 Å². The van der Waals surface area contributed by atoms with Gasteiger partial charge in [0.25, 0.3) is 5.91 Å². The molecule has 1 aromatic rings. The second kappa shape index (κ2) is 3.93. The Labute approximate surface area is 89.4 Å². The molecule has 80 valence electrons. The van der Waals surface area contributed by atoms with Gasteiger partial charge in [0.05, 0.1) is 6.10 Å². The van der Waals surface area contributed by atoms with E-state index < -0.39 is 0 Å². The lowest BCUT2D eigenvalue weighted by atomic mass is 10.1. The number of hydrogen-bond donors (Lipinski definition) is 1. The maximum atomic E-state index is 11.4. The van der Waals surface area contributed by atoms with Crippen LogP contribution in [-0.4, -0.2) is 19.1 Å². The first-order valence-electron chi connectivity index (χ1n) is 5.20. The summed E-state index contributed by atoms with van der Waals surface area (Å²) >= 11 is 0. The Morgan fingerprint density at radius 1 is 1.47 bits per heavy atom. The van der Waals surface area contributed by atoms with E-state index in [9.17, 15) is 4.79 Å². The van der Waals surface area contributed by atoms with E-state index in [2.05, 4.69) is 5.32 Å². The summed E-state index contributed by atoms with van der Waals surface area (Å²) in [5, 5.41) is 2.60. The molecule has 0 atom stereocenters. The van der Waals surface area contributed by atoms with Gasteiger partial charge in [0.15, 0.2) is 0 Å². The highest BCUT2D eigenvalue weighted by Crippen LogP contribution is 2.29. The molecule has 0 radical (unpaired) electrons. The van der Waals surface area contributed by atoms with Crippen molar-refractivity contribution in [2.45, 2.75) is 25.9 Å². The van der Waals surface area contributed by atoms with E-state index in [0.717, 1.165) is 24.2 Å². The summed E-state index contributed by atoms with van der Waals surface area (Å²) in [6.07, 6.45) is 2.70. The molecule has 1 aliphatic carbocycles. The van der Waals surface area contributed by atoms with Gasteiger partial charge in [0.2, 0.25) is 0 Å². The van der Waals surface area contributed by atoms with E-state index in [1.54, 1.807) is 13.1 Å². The van der Waals surface area contributed by atoms with Gasteiger partial charge in [-0.25, -0.2) is 0 Å². The van der Waals surface area contributed by atoms with E-state index in [-0.39, 0.29) is 5.91 Å². The van der Waals surface area contributed by atoms with E-state index >= 15 is 0 Å². The number of carbonyl (C=O) groups is 1. The molecule has 3 heteroatoms. The quantitative estimate of drug-likeness (QED) is 0.818. The standard InChI is InChI=1S/C12H15NO2/c1-8-7-9(12(14)13-2)3-6-11(8)15-10-4-5-10/h3,6-7,10H,4-5H2,1-2H3,(H,13,14). The first kappa shape index (κ1) is 10.0. The molecule has 1 N–H and O–H groups in total.